The Morgan fingerprint density at radius 1 is 1.29 bits per heavy atom. The Labute approximate surface area is 104 Å². The summed E-state index contributed by atoms with van der Waals surface area (Å²) in [5.74, 6) is 0. The van der Waals surface area contributed by atoms with Gasteiger partial charge in [-0.3, -0.25) is 0 Å². The smallest absolute Gasteiger partial charge is 0.147 e. The Kier molecular flexibility index (Phi) is 3.81. The van der Waals surface area contributed by atoms with Crippen molar-refractivity contribution in [3.8, 4) is 16.6 Å². The molecule has 0 fully saturated rings. The molecule has 0 amide bonds. The standard InChI is InChI=1S/C12H12N4S/c1-2-14-8-11-15-16-12(17-11)10-5-3-9(7-13)4-6-10/h3-6,14H,2,8H2,1H3. The van der Waals surface area contributed by atoms with Crippen molar-refractivity contribution >= 4 is 11.3 Å². The number of rotatable bonds is 4. The van der Waals surface area contributed by atoms with E-state index in [2.05, 4.69) is 28.5 Å². The summed E-state index contributed by atoms with van der Waals surface area (Å²) >= 11 is 1.57. The number of aromatic nitrogens is 2. The van der Waals surface area contributed by atoms with Crippen molar-refractivity contribution in [2.24, 2.45) is 0 Å². The van der Waals surface area contributed by atoms with Gasteiger partial charge in [-0.15, -0.1) is 10.2 Å². The summed E-state index contributed by atoms with van der Waals surface area (Å²) in [6.07, 6.45) is 0. The number of nitrogens with one attached hydrogen (secondary N) is 1. The Morgan fingerprint density at radius 3 is 2.71 bits per heavy atom. The van der Waals surface area contributed by atoms with Crippen LogP contribution in [-0.4, -0.2) is 16.7 Å². The highest BCUT2D eigenvalue weighted by Gasteiger charge is 2.05. The van der Waals surface area contributed by atoms with E-state index in [-0.39, 0.29) is 0 Å². The highest BCUT2D eigenvalue weighted by Crippen LogP contribution is 2.23. The van der Waals surface area contributed by atoms with Gasteiger partial charge in [-0.1, -0.05) is 30.4 Å². The van der Waals surface area contributed by atoms with E-state index >= 15 is 0 Å². The zero-order chi connectivity index (χ0) is 12.1. The molecule has 0 aliphatic carbocycles. The molecular formula is C12H12N4S. The van der Waals surface area contributed by atoms with E-state index in [4.69, 9.17) is 5.26 Å². The molecule has 0 atom stereocenters. The first-order valence-corrected chi connectivity index (χ1v) is 6.18. The summed E-state index contributed by atoms with van der Waals surface area (Å²) in [6.45, 7) is 3.73. The van der Waals surface area contributed by atoms with E-state index < -0.39 is 0 Å². The summed E-state index contributed by atoms with van der Waals surface area (Å²) in [5.41, 5.74) is 1.66. The normalized spacial score (nSPS) is 10.1. The van der Waals surface area contributed by atoms with Crippen LogP contribution in [0.3, 0.4) is 0 Å². The molecule has 1 aromatic heterocycles. The van der Waals surface area contributed by atoms with Gasteiger partial charge < -0.3 is 5.32 Å². The molecule has 0 aliphatic heterocycles. The summed E-state index contributed by atoms with van der Waals surface area (Å²) < 4.78 is 0. The lowest BCUT2D eigenvalue weighted by Crippen LogP contribution is -2.11. The molecule has 1 N–H and O–H groups in total. The predicted octanol–water partition coefficient (Wildman–Crippen LogP) is 2.19. The lowest BCUT2D eigenvalue weighted by atomic mass is 10.2. The maximum atomic E-state index is 8.72. The van der Waals surface area contributed by atoms with Crippen molar-refractivity contribution in [1.29, 1.82) is 5.26 Å². The van der Waals surface area contributed by atoms with Gasteiger partial charge in [0.15, 0.2) is 0 Å². The Balaban J connectivity index is 2.16. The number of hydrogen-bond donors (Lipinski definition) is 1. The fourth-order valence-electron chi connectivity index (χ4n) is 1.36. The van der Waals surface area contributed by atoms with Crippen LogP contribution in [0.15, 0.2) is 24.3 Å². The van der Waals surface area contributed by atoms with Crippen molar-refractivity contribution < 1.29 is 0 Å². The third-order valence-electron chi connectivity index (χ3n) is 2.25. The Hall–Kier alpha value is -1.77. The second-order valence-electron chi connectivity index (χ2n) is 3.47. The number of nitrogens with zero attached hydrogens (tertiary/aromatic N) is 3. The summed E-state index contributed by atoms with van der Waals surface area (Å²) in [7, 11) is 0. The van der Waals surface area contributed by atoms with Crippen LogP contribution in [0.5, 0.6) is 0 Å². The molecule has 0 bridgehead atoms. The third-order valence-corrected chi connectivity index (χ3v) is 3.23. The van der Waals surface area contributed by atoms with E-state index in [0.717, 1.165) is 28.7 Å². The van der Waals surface area contributed by atoms with Crippen LogP contribution >= 0.6 is 11.3 Å². The SMILES string of the molecule is CCNCc1nnc(-c2ccc(C#N)cc2)s1. The Bertz CT molecular complexity index is 524. The maximum absolute atomic E-state index is 8.72. The largest absolute Gasteiger partial charge is 0.311 e. The van der Waals surface area contributed by atoms with Gasteiger partial charge in [-0.2, -0.15) is 5.26 Å². The topological polar surface area (TPSA) is 61.6 Å². The van der Waals surface area contributed by atoms with E-state index in [1.54, 1.807) is 23.5 Å². The van der Waals surface area contributed by atoms with Crippen LogP contribution < -0.4 is 5.32 Å². The monoisotopic (exact) mass is 244 g/mol. The molecule has 4 nitrogen and oxygen atoms in total. The average molecular weight is 244 g/mol. The average Bonchev–Trinajstić information content (AvgIpc) is 2.85. The van der Waals surface area contributed by atoms with E-state index in [0.29, 0.717) is 5.56 Å². The number of nitriles is 1. The zero-order valence-electron chi connectivity index (χ0n) is 9.47. The first-order chi connectivity index (χ1) is 8.33. The second-order valence-corrected chi connectivity index (χ2v) is 4.53. The van der Waals surface area contributed by atoms with Gasteiger partial charge in [-0.25, -0.2) is 0 Å². The molecule has 0 radical (unpaired) electrons. The molecular weight excluding hydrogens is 232 g/mol. The number of benzene rings is 1. The fourth-order valence-corrected chi connectivity index (χ4v) is 2.18. The molecule has 2 rings (SSSR count). The third kappa shape index (κ3) is 2.87. The minimum absolute atomic E-state index is 0.658. The molecule has 0 unspecified atom stereocenters. The van der Waals surface area contributed by atoms with Crippen LogP contribution in [0.2, 0.25) is 0 Å². The molecule has 0 saturated carbocycles. The molecule has 1 aromatic carbocycles. The minimum atomic E-state index is 0.658. The lowest BCUT2D eigenvalue weighted by molar-refractivity contribution is 0.715. The molecule has 5 heteroatoms. The highest BCUT2D eigenvalue weighted by atomic mass is 32.1. The lowest BCUT2D eigenvalue weighted by Gasteiger charge is -1.95. The first kappa shape index (κ1) is 11.7. The van der Waals surface area contributed by atoms with Crippen molar-refractivity contribution in [2.75, 3.05) is 6.54 Å². The highest BCUT2D eigenvalue weighted by molar-refractivity contribution is 7.14. The van der Waals surface area contributed by atoms with Gasteiger partial charge in [0.25, 0.3) is 0 Å². The van der Waals surface area contributed by atoms with Crippen molar-refractivity contribution in [3.63, 3.8) is 0 Å². The van der Waals surface area contributed by atoms with E-state index in [1.165, 1.54) is 0 Å². The van der Waals surface area contributed by atoms with Gasteiger partial charge in [0.1, 0.15) is 10.0 Å². The van der Waals surface area contributed by atoms with Crippen molar-refractivity contribution in [3.05, 3.63) is 34.8 Å². The quantitative estimate of drug-likeness (QED) is 0.895. The van der Waals surface area contributed by atoms with Gasteiger partial charge >= 0.3 is 0 Å². The molecule has 0 saturated heterocycles. The second kappa shape index (κ2) is 5.53. The maximum Gasteiger partial charge on any atom is 0.147 e. The molecule has 0 spiro atoms. The molecule has 2 aromatic rings. The molecule has 86 valence electrons. The van der Waals surface area contributed by atoms with Crippen LogP contribution in [0, 0.1) is 11.3 Å². The fraction of sp³-hybridized carbons (Fsp3) is 0.250. The minimum Gasteiger partial charge on any atom is -0.311 e. The van der Waals surface area contributed by atoms with Crippen LogP contribution in [-0.2, 0) is 6.54 Å². The van der Waals surface area contributed by atoms with E-state index in [1.807, 2.05) is 12.1 Å². The van der Waals surface area contributed by atoms with Gasteiger partial charge in [0.2, 0.25) is 0 Å². The first-order valence-electron chi connectivity index (χ1n) is 5.37. The number of hydrogen-bond acceptors (Lipinski definition) is 5. The summed E-state index contributed by atoms with van der Waals surface area (Å²) in [5, 5.41) is 22.1. The van der Waals surface area contributed by atoms with Gasteiger partial charge in [-0.05, 0) is 18.7 Å². The predicted molar refractivity (Wildman–Crippen MR) is 67.4 cm³/mol. The summed E-state index contributed by atoms with van der Waals surface area (Å²) in [6, 6.07) is 9.48. The van der Waals surface area contributed by atoms with Crippen LogP contribution in [0.25, 0.3) is 10.6 Å². The molecule has 1 heterocycles. The van der Waals surface area contributed by atoms with Crippen molar-refractivity contribution in [2.45, 2.75) is 13.5 Å². The van der Waals surface area contributed by atoms with Crippen molar-refractivity contribution in [1.82, 2.24) is 15.5 Å². The summed E-state index contributed by atoms with van der Waals surface area (Å²) in [4.78, 5) is 0. The molecule has 0 aliphatic rings. The molecule has 17 heavy (non-hydrogen) atoms. The van der Waals surface area contributed by atoms with E-state index in [9.17, 15) is 0 Å². The van der Waals surface area contributed by atoms with Crippen LogP contribution in [0.1, 0.15) is 17.5 Å². The van der Waals surface area contributed by atoms with Gasteiger partial charge in [0, 0.05) is 12.1 Å². The Morgan fingerprint density at radius 2 is 2.06 bits per heavy atom. The zero-order valence-corrected chi connectivity index (χ0v) is 10.3. The van der Waals surface area contributed by atoms with Gasteiger partial charge in [0.05, 0.1) is 11.6 Å². The van der Waals surface area contributed by atoms with Crippen LogP contribution in [0.4, 0.5) is 0 Å².